The Bertz CT molecular complexity index is 653. The van der Waals surface area contributed by atoms with Crippen molar-refractivity contribution in [2.24, 2.45) is 34.5 Å². The van der Waals surface area contributed by atoms with E-state index in [0.717, 1.165) is 36.3 Å². The summed E-state index contributed by atoms with van der Waals surface area (Å²) in [7, 11) is 0. The summed E-state index contributed by atoms with van der Waals surface area (Å²) in [6, 6.07) is 11.7. The van der Waals surface area contributed by atoms with Crippen LogP contribution in [0.4, 0.5) is 0 Å². The van der Waals surface area contributed by atoms with E-state index in [0.29, 0.717) is 10.8 Å². The molecule has 0 aromatic heterocycles. The van der Waals surface area contributed by atoms with E-state index in [1.54, 1.807) is 0 Å². The van der Waals surface area contributed by atoms with E-state index in [2.05, 4.69) is 49.5 Å². The van der Waals surface area contributed by atoms with Crippen LogP contribution in [0.3, 0.4) is 0 Å². The topological polar surface area (TPSA) is 12.0 Å². The molecule has 4 fully saturated rings. The second-order valence-electron chi connectivity index (χ2n) is 10.9. The molecule has 0 spiro atoms. The number of fused-ring (bicyclic) bond motifs is 5. The van der Waals surface area contributed by atoms with Crippen LogP contribution in [0, 0.1) is 34.5 Å². The van der Waals surface area contributed by atoms with E-state index in [9.17, 15) is 0 Å². The molecule has 1 aromatic carbocycles. The van der Waals surface area contributed by atoms with Crippen LogP contribution in [-0.2, 0) is 6.54 Å². The SMILES string of the molecule is C[C@]12CCCCC1CC[C@@H]1[C@H]2CC[C@]2(C)C(NCc3ccccc3)CC[C@@H]12. The highest BCUT2D eigenvalue weighted by atomic mass is 14.9. The zero-order valence-electron chi connectivity index (χ0n) is 17.6. The number of nitrogens with one attached hydrogen (secondary N) is 1. The van der Waals surface area contributed by atoms with Crippen molar-refractivity contribution in [3.63, 3.8) is 0 Å². The van der Waals surface area contributed by atoms with Gasteiger partial charge in [0.2, 0.25) is 0 Å². The van der Waals surface area contributed by atoms with Gasteiger partial charge in [0.15, 0.2) is 0 Å². The molecular weight excluding hydrogens is 326 g/mol. The Morgan fingerprint density at radius 3 is 2.48 bits per heavy atom. The van der Waals surface area contributed by atoms with Crippen LogP contribution in [0.5, 0.6) is 0 Å². The summed E-state index contributed by atoms with van der Waals surface area (Å²) < 4.78 is 0. The summed E-state index contributed by atoms with van der Waals surface area (Å²) in [5, 5.41) is 4.00. The van der Waals surface area contributed by atoms with Gasteiger partial charge in [0, 0.05) is 12.6 Å². The maximum absolute atomic E-state index is 4.00. The Balaban J connectivity index is 1.32. The summed E-state index contributed by atoms with van der Waals surface area (Å²) in [6.07, 6.45) is 15.0. The van der Waals surface area contributed by atoms with Crippen LogP contribution < -0.4 is 5.32 Å². The Morgan fingerprint density at radius 2 is 1.63 bits per heavy atom. The highest BCUT2D eigenvalue weighted by Crippen LogP contribution is 2.66. The number of rotatable bonds is 3. The van der Waals surface area contributed by atoms with Gasteiger partial charge in [-0.2, -0.15) is 0 Å². The van der Waals surface area contributed by atoms with E-state index in [4.69, 9.17) is 0 Å². The molecule has 4 aliphatic carbocycles. The van der Waals surface area contributed by atoms with Crippen LogP contribution in [0.15, 0.2) is 30.3 Å². The lowest BCUT2D eigenvalue weighted by molar-refractivity contribution is -0.107. The van der Waals surface area contributed by atoms with Crippen molar-refractivity contribution in [3.8, 4) is 0 Å². The molecule has 7 atom stereocenters. The molecule has 4 saturated carbocycles. The lowest BCUT2D eigenvalue weighted by Crippen LogP contribution is -2.54. The minimum Gasteiger partial charge on any atom is -0.309 e. The third-order valence-corrected chi connectivity index (χ3v) is 9.98. The normalized spacial score (nSPS) is 46.4. The van der Waals surface area contributed by atoms with Crippen LogP contribution in [0.1, 0.15) is 83.6 Å². The summed E-state index contributed by atoms with van der Waals surface area (Å²) in [4.78, 5) is 0. The predicted molar refractivity (Wildman–Crippen MR) is 113 cm³/mol. The molecule has 1 heteroatoms. The molecule has 0 radical (unpaired) electrons. The first-order valence-corrected chi connectivity index (χ1v) is 11.9. The fourth-order valence-corrected chi connectivity index (χ4v) is 8.47. The molecule has 0 bridgehead atoms. The zero-order chi connectivity index (χ0) is 18.5. The van der Waals surface area contributed by atoms with E-state index in [1.165, 1.54) is 69.8 Å². The molecule has 27 heavy (non-hydrogen) atoms. The zero-order valence-corrected chi connectivity index (χ0v) is 17.6. The largest absolute Gasteiger partial charge is 0.309 e. The van der Waals surface area contributed by atoms with Gasteiger partial charge < -0.3 is 5.32 Å². The molecule has 1 nitrogen and oxygen atoms in total. The quantitative estimate of drug-likeness (QED) is 0.638. The third-order valence-electron chi connectivity index (χ3n) is 9.98. The number of hydrogen-bond donors (Lipinski definition) is 1. The maximum atomic E-state index is 4.00. The average molecular weight is 366 g/mol. The van der Waals surface area contributed by atoms with Gasteiger partial charge in [0.25, 0.3) is 0 Å². The van der Waals surface area contributed by atoms with E-state index >= 15 is 0 Å². The smallest absolute Gasteiger partial charge is 0.0208 e. The fourth-order valence-electron chi connectivity index (χ4n) is 8.47. The second-order valence-corrected chi connectivity index (χ2v) is 10.9. The van der Waals surface area contributed by atoms with Gasteiger partial charge in [0.05, 0.1) is 0 Å². The van der Waals surface area contributed by atoms with Crippen molar-refractivity contribution >= 4 is 0 Å². The molecular formula is C26H39N. The Labute approximate surface area is 166 Å². The van der Waals surface area contributed by atoms with Crippen molar-refractivity contribution < 1.29 is 0 Å². The van der Waals surface area contributed by atoms with Gasteiger partial charge in [-0.25, -0.2) is 0 Å². The van der Waals surface area contributed by atoms with E-state index in [1.807, 2.05) is 0 Å². The average Bonchev–Trinajstić information content (AvgIpc) is 3.03. The minimum absolute atomic E-state index is 0.536. The van der Waals surface area contributed by atoms with Gasteiger partial charge in [-0.15, -0.1) is 0 Å². The maximum Gasteiger partial charge on any atom is 0.0208 e. The summed E-state index contributed by atoms with van der Waals surface area (Å²) >= 11 is 0. The van der Waals surface area contributed by atoms with Crippen molar-refractivity contribution in [3.05, 3.63) is 35.9 Å². The minimum atomic E-state index is 0.536. The van der Waals surface area contributed by atoms with Crippen LogP contribution >= 0.6 is 0 Å². The van der Waals surface area contributed by atoms with Gasteiger partial charge >= 0.3 is 0 Å². The molecule has 0 saturated heterocycles. The van der Waals surface area contributed by atoms with Crippen LogP contribution in [0.2, 0.25) is 0 Å². The van der Waals surface area contributed by atoms with Gasteiger partial charge in [0.1, 0.15) is 0 Å². The Morgan fingerprint density at radius 1 is 0.815 bits per heavy atom. The summed E-state index contributed by atoms with van der Waals surface area (Å²) in [5.41, 5.74) is 2.65. The number of benzene rings is 1. The molecule has 0 amide bonds. The van der Waals surface area contributed by atoms with Gasteiger partial charge in [-0.1, -0.05) is 57.0 Å². The highest BCUT2D eigenvalue weighted by molar-refractivity contribution is 5.16. The van der Waals surface area contributed by atoms with E-state index in [-0.39, 0.29) is 0 Å². The fraction of sp³-hybridized carbons (Fsp3) is 0.769. The van der Waals surface area contributed by atoms with Crippen LogP contribution in [0.25, 0.3) is 0 Å². The van der Waals surface area contributed by atoms with Crippen LogP contribution in [-0.4, -0.2) is 6.04 Å². The molecule has 1 N–H and O–H groups in total. The summed E-state index contributed by atoms with van der Waals surface area (Å²) in [5.74, 6) is 4.07. The molecule has 1 aromatic rings. The monoisotopic (exact) mass is 365 g/mol. The first-order chi connectivity index (χ1) is 13.1. The molecule has 5 rings (SSSR count). The molecule has 4 aliphatic rings. The lowest BCUT2D eigenvalue weighted by atomic mass is 9.45. The van der Waals surface area contributed by atoms with Gasteiger partial charge in [-0.3, -0.25) is 0 Å². The predicted octanol–water partition coefficient (Wildman–Crippen LogP) is 6.58. The molecule has 0 aliphatic heterocycles. The first kappa shape index (κ1) is 18.2. The second kappa shape index (κ2) is 6.90. The van der Waals surface area contributed by atoms with Crippen molar-refractivity contribution in [1.82, 2.24) is 5.32 Å². The highest BCUT2D eigenvalue weighted by Gasteiger charge is 2.59. The first-order valence-electron chi connectivity index (χ1n) is 11.9. The van der Waals surface area contributed by atoms with Crippen molar-refractivity contribution in [2.45, 2.75) is 90.6 Å². The van der Waals surface area contributed by atoms with Crippen molar-refractivity contribution in [2.75, 3.05) is 0 Å². The Hall–Kier alpha value is -0.820. The van der Waals surface area contributed by atoms with E-state index < -0.39 is 0 Å². The Kier molecular flexibility index (Phi) is 4.66. The van der Waals surface area contributed by atoms with Crippen molar-refractivity contribution in [1.29, 1.82) is 0 Å². The van der Waals surface area contributed by atoms with Gasteiger partial charge in [-0.05, 0) is 91.4 Å². The number of hydrogen-bond acceptors (Lipinski definition) is 1. The molecule has 148 valence electrons. The molecule has 0 heterocycles. The molecule has 2 unspecified atom stereocenters. The lowest BCUT2D eigenvalue weighted by Gasteiger charge is -2.60. The standard InChI is InChI=1S/C26H39N/c1-25-16-7-6-10-20(25)11-12-21-22-13-14-24(26(22,2)17-15-23(21)25)27-18-19-8-4-3-5-9-19/h3-5,8-9,20-24,27H,6-7,10-18H2,1-2H3/t20?,21-,22-,23+,24?,25-,26-/m0/s1. The third kappa shape index (κ3) is 2.91. The summed E-state index contributed by atoms with van der Waals surface area (Å²) in [6.45, 7) is 6.40.